The van der Waals surface area contributed by atoms with Crippen LogP contribution >= 0.6 is 0 Å². The van der Waals surface area contributed by atoms with Crippen LogP contribution in [0.4, 0.5) is 17.6 Å². The third kappa shape index (κ3) is 14.8. The average Bonchev–Trinajstić information content (AvgIpc) is 1.55. The smallest absolute Gasteiger partial charge is 0.227 e. The highest BCUT2D eigenvalue weighted by molar-refractivity contribution is 6.12. The Balaban J connectivity index is 0.000000114. The lowest BCUT2D eigenvalue weighted by Gasteiger charge is -2.11. The van der Waals surface area contributed by atoms with Crippen LogP contribution in [-0.2, 0) is 34.6 Å². The van der Waals surface area contributed by atoms with Crippen LogP contribution < -0.4 is 18.3 Å². The second-order valence-electron chi connectivity index (χ2n) is 31.6. The summed E-state index contributed by atoms with van der Waals surface area (Å²) >= 11 is 0. The molecule has 0 bridgehead atoms. The van der Waals surface area contributed by atoms with E-state index < -0.39 is 0 Å². The largest absolute Gasteiger partial charge is 0.437 e. The Bertz CT molecular complexity index is 7480. The Morgan fingerprint density at radius 1 is 0.292 bits per heavy atom. The average molecular weight is 1590 g/mol. The summed E-state index contributed by atoms with van der Waals surface area (Å²) in [5, 5.41) is 8.15. The van der Waals surface area contributed by atoms with Crippen molar-refractivity contribution in [1.82, 2.24) is 19.9 Å². The van der Waals surface area contributed by atoms with Gasteiger partial charge in [0.25, 0.3) is 0 Å². The van der Waals surface area contributed by atoms with Gasteiger partial charge in [-0.05, 0) is 192 Å². The maximum atomic E-state index is 14.9. The van der Waals surface area contributed by atoms with Crippen molar-refractivity contribution in [3.63, 3.8) is 0 Å². The van der Waals surface area contributed by atoms with Gasteiger partial charge in [-0.1, -0.05) is 129 Å². The summed E-state index contributed by atoms with van der Waals surface area (Å²) in [6.07, 6.45) is 8.75. The first-order valence-corrected chi connectivity index (χ1v) is 40.1. The van der Waals surface area contributed by atoms with Gasteiger partial charge >= 0.3 is 0 Å². The van der Waals surface area contributed by atoms with Gasteiger partial charge in [-0.2, -0.15) is 0 Å². The van der Waals surface area contributed by atoms with E-state index >= 15 is 0 Å². The van der Waals surface area contributed by atoms with Crippen molar-refractivity contribution < 1.29 is 53.5 Å². The Kier molecular flexibility index (Phi) is 20.9. The molecule has 592 valence electrons. The van der Waals surface area contributed by atoms with Crippen molar-refractivity contribution in [3.05, 3.63) is 335 Å². The first kappa shape index (κ1) is 78.4. The van der Waals surface area contributed by atoms with Crippen molar-refractivity contribution in [2.24, 2.45) is 34.1 Å². The van der Waals surface area contributed by atoms with Gasteiger partial charge in [-0.15, -0.1) is 0 Å². The van der Waals surface area contributed by atoms with Gasteiger partial charge in [0.2, 0.25) is 45.6 Å². The fourth-order valence-electron chi connectivity index (χ4n) is 16.5. The number of hydrogen-bond acceptors (Lipinski definition) is 8. The quantitative estimate of drug-likeness (QED) is 0.0981. The van der Waals surface area contributed by atoms with Crippen LogP contribution in [0.3, 0.4) is 0 Å². The normalized spacial score (nSPS) is 11.5. The third-order valence-corrected chi connectivity index (χ3v) is 22.5. The predicted octanol–water partition coefficient (Wildman–Crippen LogP) is 24.8. The molecular formula is C104H88F4N8O4+4. The van der Waals surface area contributed by atoms with E-state index in [1.54, 1.807) is 36.4 Å². The lowest BCUT2D eigenvalue weighted by Crippen LogP contribution is -2.31. The van der Waals surface area contributed by atoms with Crippen LogP contribution in [-0.4, -0.2) is 19.9 Å². The molecule has 0 fully saturated rings. The number of pyridine rings is 8. The van der Waals surface area contributed by atoms with Crippen molar-refractivity contribution >= 4 is 88.3 Å². The van der Waals surface area contributed by atoms with Crippen LogP contribution in [0, 0.1) is 84.6 Å². The monoisotopic (exact) mass is 1590 g/mol. The second-order valence-corrected chi connectivity index (χ2v) is 31.6. The summed E-state index contributed by atoms with van der Waals surface area (Å²) in [5.41, 5.74) is 28.5. The zero-order valence-electron chi connectivity index (χ0n) is 69.3. The van der Waals surface area contributed by atoms with E-state index in [0.717, 1.165) is 190 Å². The molecule has 0 amide bonds. The molecule has 0 N–H and O–H groups in total. The summed E-state index contributed by atoms with van der Waals surface area (Å²) in [4.78, 5) is 18.2. The number of furan rings is 4. The molecule has 12 nitrogen and oxygen atoms in total. The molecule has 0 aliphatic heterocycles. The molecule has 16 heteroatoms. The first-order valence-electron chi connectivity index (χ1n) is 40.1. The molecule has 0 atom stereocenters. The van der Waals surface area contributed by atoms with Gasteiger partial charge in [-0.3, -0.25) is 0 Å². The molecular weight excluding hydrogens is 1500 g/mol. The molecule has 12 aromatic heterocycles. The molecule has 120 heavy (non-hydrogen) atoms. The van der Waals surface area contributed by atoms with Crippen LogP contribution in [0.1, 0.15) is 64.4 Å². The number of nitrogens with zero attached hydrogens (tertiary/aromatic N) is 8. The molecule has 12 heterocycles. The zero-order valence-corrected chi connectivity index (χ0v) is 69.3. The zero-order chi connectivity index (χ0) is 83.6. The van der Waals surface area contributed by atoms with Gasteiger partial charge in [0, 0.05) is 130 Å². The van der Waals surface area contributed by atoms with Crippen LogP contribution in [0.2, 0.25) is 0 Å². The van der Waals surface area contributed by atoms with E-state index in [2.05, 4.69) is 128 Å². The lowest BCUT2D eigenvalue weighted by molar-refractivity contribution is -0.660. The first-order chi connectivity index (χ1) is 57.9. The molecule has 0 aliphatic rings. The van der Waals surface area contributed by atoms with E-state index in [4.69, 9.17) is 17.7 Å². The van der Waals surface area contributed by atoms with Crippen LogP contribution in [0.15, 0.2) is 279 Å². The van der Waals surface area contributed by atoms with E-state index in [1.165, 1.54) is 18.2 Å². The maximum Gasteiger partial charge on any atom is 0.227 e. The van der Waals surface area contributed by atoms with Crippen LogP contribution in [0.25, 0.3) is 178 Å². The molecule has 0 saturated heterocycles. The van der Waals surface area contributed by atoms with Crippen molar-refractivity contribution in [3.8, 4) is 89.5 Å². The SMILES string of the molecule is Cc1ccc2c(n1)oc1c(-c3c(-c4ccccc4F)ccc[n+]3C)c(C)ccc12.Cc1ccc2c(n1)oc1c(-c3cc(-c4ccccc4F)cc[n+]3C)c(C)ccc12.Cc1ccc2c(n1)oc1c(-c3ccc(-c4ccc(CC(C)C)cc4F)c[n+]3C)c(C)ccc12.Cc1ccc2c(n1)oc1c(-c3ccc(-c4ccccc4F)c[n+]3C)c(C)ccc12. The van der Waals surface area contributed by atoms with Gasteiger partial charge in [0.05, 0.1) is 27.8 Å². The topological polar surface area (TPSA) is 120 Å². The Morgan fingerprint density at radius 2 is 0.650 bits per heavy atom. The Hall–Kier alpha value is -14.1. The maximum absolute atomic E-state index is 14.9. The Morgan fingerprint density at radius 3 is 1.05 bits per heavy atom. The van der Waals surface area contributed by atoms with Gasteiger partial charge in [-0.25, -0.2) is 55.8 Å². The number of rotatable bonds is 10. The summed E-state index contributed by atoms with van der Waals surface area (Å²) in [6, 6.07) is 75.0. The van der Waals surface area contributed by atoms with E-state index in [1.807, 2.05) is 214 Å². The molecule has 8 aromatic carbocycles. The minimum atomic E-state index is -0.244. The van der Waals surface area contributed by atoms with Gasteiger partial charge < -0.3 is 17.7 Å². The number of halogens is 4. The van der Waals surface area contributed by atoms with E-state index in [9.17, 15) is 17.6 Å². The molecule has 20 aromatic rings. The fourth-order valence-corrected chi connectivity index (χ4v) is 16.5. The molecule has 0 unspecified atom stereocenters. The number of fused-ring (bicyclic) bond motifs is 12. The van der Waals surface area contributed by atoms with Crippen molar-refractivity contribution in [2.75, 3.05) is 0 Å². The van der Waals surface area contributed by atoms with Gasteiger partial charge in [0.15, 0.2) is 47.1 Å². The number of aryl methyl sites for hydroxylation is 12. The van der Waals surface area contributed by atoms with Crippen molar-refractivity contribution in [1.29, 1.82) is 0 Å². The second kappa shape index (κ2) is 32.1. The standard InChI is InChI=1S/C29H28FN2O.3C25H20FN2O/c1-17(2)14-20-8-12-22(25(30)15-20)21-9-13-26(32(5)16-21)27-18(3)6-10-23-24-11-7-19(4)31-29(24)33-28(23)27;1-15-10-12-19-20-13-11-16(2)27-25(20)29-24(19)22(15)23-18(8-6-14-28(23)3)17-7-4-5-9-21(17)26;1-15-8-11-19-20-12-9-16(2)27-25(20)29-24(19)23(15)22-13-10-17(14-28(22)3)18-6-4-5-7-21(18)26;1-15-8-10-19-20-11-9-16(2)27-25(20)29-24(19)23(15)22-14-17(12-13-28(22)3)18-6-4-5-7-21(18)26/h6-13,15-17H,14H2,1-5H3;3*4-14H,1-3H3/q4*+1. The molecule has 0 radical (unpaired) electrons. The lowest BCUT2D eigenvalue weighted by atomic mass is 9.94. The highest BCUT2D eigenvalue weighted by Gasteiger charge is 2.30. The predicted molar refractivity (Wildman–Crippen MR) is 471 cm³/mol. The Labute approximate surface area is 692 Å². The van der Waals surface area contributed by atoms with Crippen molar-refractivity contribution in [2.45, 2.75) is 75.7 Å². The molecule has 0 saturated carbocycles. The highest BCUT2D eigenvalue weighted by Crippen LogP contribution is 2.44. The van der Waals surface area contributed by atoms with Gasteiger partial charge in [0.1, 0.15) is 51.5 Å². The van der Waals surface area contributed by atoms with E-state index in [0.29, 0.717) is 51.0 Å². The van der Waals surface area contributed by atoms with Crippen LogP contribution in [0.5, 0.6) is 0 Å². The molecule has 20 rings (SSSR count). The summed E-state index contributed by atoms with van der Waals surface area (Å²) in [5.74, 6) is -0.386. The number of benzene rings is 8. The summed E-state index contributed by atoms with van der Waals surface area (Å²) < 4.78 is 91.3. The number of hydrogen-bond donors (Lipinski definition) is 0. The molecule has 0 aliphatic carbocycles. The minimum Gasteiger partial charge on any atom is -0.437 e. The molecule has 0 spiro atoms. The minimum absolute atomic E-state index is 0.182. The highest BCUT2D eigenvalue weighted by atomic mass is 19.1. The summed E-state index contributed by atoms with van der Waals surface area (Å²) in [7, 11) is 7.93. The number of aromatic nitrogens is 8. The summed E-state index contributed by atoms with van der Waals surface area (Å²) in [6.45, 7) is 20.4. The fraction of sp³-hybridized carbons (Fsp3) is 0.154. The third-order valence-electron chi connectivity index (χ3n) is 22.5. The van der Waals surface area contributed by atoms with E-state index in [-0.39, 0.29) is 23.3 Å².